The van der Waals surface area contributed by atoms with E-state index in [1.54, 1.807) is 0 Å². The molecule has 1 atom stereocenters. The highest BCUT2D eigenvalue weighted by atomic mass is 15.0. The molecule has 0 spiro atoms. The predicted octanol–water partition coefficient (Wildman–Crippen LogP) is 12.1. The van der Waals surface area contributed by atoms with Crippen molar-refractivity contribution < 1.29 is 0 Å². The normalized spacial score (nSPS) is 15.3. The molecule has 0 saturated carbocycles. The molecule has 3 nitrogen and oxygen atoms in total. The van der Waals surface area contributed by atoms with E-state index in [1.165, 1.54) is 60.8 Å². The number of aromatic nitrogens is 3. The summed E-state index contributed by atoms with van der Waals surface area (Å²) in [7, 11) is 0. The second-order valence-electron chi connectivity index (χ2n) is 14.5. The lowest BCUT2D eigenvalue weighted by molar-refractivity contribution is 0.706. The topological polar surface area (TPSA) is 38.7 Å². The second kappa shape index (κ2) is 11.4. The maximum atomic E-state index is 5.26. The summed E-state index contributed by atoms with van der Waals surface area (Å²) in [4.78, 5) is 15.5. The van der Waals surface area contributed by atoms with E-state index < -0.39 is 0 Å². The summed E-state index contributed by atoms with van der Waals surface area (Å²) in [5.74, 6) is 2.02. The van der Waals surface area contributed by atoms with Crippen LogP contribution in [-0.4, -0.2) is 15.0 Å². The van der Waals surface area contributed by atoms with E-state index in [2.05, 4.69) is 159 Å². The van der Waals surface area contributed by atoms with Crippen LogP contribution >= 0.6 is 0 Å². The number of benzene rings is 8. The van der Waals surface area contributed by atoms with Gasteiger partial charge in [-0.25, -0.2) is 15.0 Å². The van der Waals surface area contributed by atoms with Crippen molar-refractivity contribution in [1.29, 1.82) is 0 Å². The average molecular weight is 676 g/mol. The molecule has 2 aliphatic carbocycles. The van der Waals surface area contributed by atoms with Crippen LogP contribution in [0.4, 0.5) is 0 Å². The average Bonchev–Trinajstić information content (AvgIpc) is 3.73. The van der Waals surface area contributed by atoms with Gasteiger partial charge >= 0.3 is 0 Å². The van der Waals surface area contributed by atoms with Gasteiger partial charge in [0.25, 0.3) is 0 Å². The highest BCUT2D eigenvalue weighted by Gasteiger charge is 2.44. The summed E-state index contributed by atoms with van der Waals surface area (Å²) in [6, 6.07) is 61.0. The predicted molar refractivity (Wildman–Crippen MR) is 217 cm³/mol. The van der Waals surface area contributed by atoms with Crippen LogP contribution in [0.5, 0.6) is 0 Å². The fraction of sp³-hybridized carbons (Fsp3) is 0.0600. The number of nitrogens with zero attached hydrogens (tertiary/aromatic N) is 3. The van der Waals surface area contributed by atoms with E-state index in [4.69, 9.17) is 15.0 Å². The molecule has 248 valence electrons. The summed E-state index contributed by atoms with van der Waals surface area (Å²) >= 11 is 0. The van der Waals surface area contributed by atoms with Crippen molar-refractivity contribution in [1.82, 2.24) is 15.0 Å². The first-order valence-corrected chi connectivity index (χ1v) is 18.3. The molecule has 1 unspecified atom stereocenters. The van der Waals surface area contributed by atoms with Gasteiger partial charge in [0.15, 0.2) is 17.5 Å². The Morgan fingerprint density at radius 1 is 0.434 bits per heavy atom. The van der Waals surface area contributed by atoms with Crippen molar-refractivity contribution >= 4 is 21.5 Å². The van der Waals surface area contributed by atoms with E-state index in [0.29, 0.717) is 17.5 Å². The minimum Gasteiger partial charge on any atom is -0.208 e. The van der Waals surface area contributed by atoms with Crippen LogP contribution < -0.4 is 0 Å². The van der Waals surface area contributed by atoms with Crippen LogP contribution in [0.2, 0.25) is 0 Å². The Hall–Kier alpha value is -6.71. The van der Waals surface area contributed by atoms with Gasteiger partial charge in [-0.05, 0) is 97.1 Å². The summed E-state index contributed by atoms with van der Waals surface area (Å²) in [6.07, 6.45) is 0.858. The third kappa shape index (κ3) is 4.44. The number of hydrogen-bond donors (Lipinski definition) is 0. The Bertz CT molecular complexity index is 2930. The number of fused-ring (bicyclic) bond motifs is 10. The van der Waals surface area contributed by atoms with Crippen LogP contribution in [0, 0.1) is 0 Å². The van der Waals surface area contributed by atoms with Crippen LogP contribution in [0.15, 0.2) is 170 Å². The molecular weight excluding hydrogens is 643 g/mol. The van der Waals surface area contributed by atoms with Gasteiger partial charge in [-0.3, -0.25) is 0 Å². The van der Waals surface area contributed by atoms with Crippen molar-refractivity contribution in [2.75, 3.05) is 0 Å². The molecule has 3 heteroatoms. The van der Waals surface area contributed by atoms with Crippen LogP contribution in [0.1, 0.15) is 34.7 Å². The lowest BCUT2D eigenvalue weighted by Gasteiger charge is -2.30. The van der Waals surface area contributed by atoms with Crippen LogP contribution in [0.3, 0.4) is 0 Å². The highest BCUT2D eigenvalue weighted by molar-refractivity contribution is 6.13. The lowest BCUT2D eigenvalue weighted by atomic mass is 9.72. The number of rotatable bonds is 4. The van der Waals surface area contributed by atoms with E-state index in [1.807, 2.05) is 18.2 Å². The summed E-state index contributed by atoms with van der Waals surface area (Å²) < 4.78 is 0. The van der Waals surface area contributed by atoms with Gasteiger partial charge in [-0.15, -0.1) is 0 Å². The maximum absolute atomic E-state index is 5.26. The smallest absolute Gasteiger partial charge is 0.164 e. The minimum absolute atomic E-state index is 0.250. The van der Waals surface area contributed by atoms with Gasteiger partial charge in [-0.2, -0.15) is 0 Å². The number of hydrogen-bond acceptors (Lipinski definition) is 3. The standard InChI is InChI=1S/C50H33N3/c1-50(35-17-6-3-7-18-35)45-23-13-12-22-41(45)42-27-26-40-37-25-24-33(28-34(37)30-43(40)46(42)50)48-51-47(31-14-4-2-5-15-31)52-49(53-48)44-29-32-16-8-9-19-36(32)38-20-10-11-21-39(38)44/h2-29H,30H2,1H3. The van der Waals surface area contributed by atoms with E-state index >= 15 is 0 Å². The fourth-order valence-electron chi connectivity index (χ4n) is 9.15. The zero-order valence-corrected chi connectivity index (χ0v) is 29.2. The third-order valence-electron chi connectivity index (χ3n) is 11.6. The monoisotopic (exact) mass is 675 g/mol. The molecule has 53 heavy (non-hydrogen) atoms. The van der Waals surface area contributed by atoms with Gasteiger partial charge in [0, 0.05) is 22.1 Å². The molecule has 1 aromatic heterocycles. The van der Waals surface area contributed by atoms with E-state index in [0.717, 1.165) is 33.9 Å². The fourth-order valence-corrected chi connectivity index (χ4v) is 9.15. The van der Waals surface area contributed by atoms with Crippen molar-refractivity contribution in [2.24, 2.45) is 0 Å². The van der Waals surface area contributed by atoms with E-state index in [9.17, 15) is 0 Å². The first-order chi connectivity index (χ1) is 26.1. The molecule has 1 heterocycles. The molecule has 9 aromatic rings. The van der Waals surface area contributed by atoms with Gasteiger partial charge in [-0.1, -0.05) is 158 Å². The molecule has 0 N–H and O–H groups in total. The van der Waals surface area contributed by atoms with Crippen molar-refractivity contribution in [3.8, 4) is 56.4 Å². The van der Waals surface area contributed by atoms with Crippen molar-refractivity contribution in [3.05, 3.63) is 198 Å². The molecule has 0 bridgehead atoms. The van der Waals surface area contributed by atoms with E-state index in [-0.39, 0.29) is 5.41 Å². The molecule has 2 aliphatic rings. The first-order valence-electron chi connectivity index (χ1n) is 18.3. The van der Waals surface area contributed by atoms with Crippen molar-refractivity contribution in [2.45, 2.75) is 18.8 Å². The molecule has 0 fully saturated rings. The Balaban J connectivity index is 1.08. The van der Waals surface area contributed by atoms with Gasteiger partial charge in [0.05, 0.1) is 0 Å². The van der Waals surface area contributed by atoms with Crippen LogP contribution in [0.25, 0.3) is 78.0 Å². The minimum atomic E-state index is -0.250. The Kier molecular flexibility index (Phi) is 6.44. The Morgan fingerprint density at radius 2 is 1.06 bits per heavy atom. The molecule has 11 rings (SSSR count). The molecule has 0 aliphatic heterocycles. The zero-order chi connectivity index (χ0) is 35.1. The Labute approximate surface area is 308 Å². The SMILES string of the molecule is CC1(c2ccccc2)c2ccccc2-c2ccc3c(c21)Cc1cc(-c2nc(-c4ccccc4)nc(-c4cc5ccccc5c5ccccc45)n2)ccc1-3. The summed E-state index contributed by atoms with van der Waals surface area (Å²) in [5.41, 5.74) is 14.8. The molecular formula is C50H33N3. The quantitative estimate of drug-likeness (QED) is 0.174. The third-order valence-corrected chi connectivity index (χ3v) is 11.6. The zero-order valence-electron chi connectivity index (χ0n) is 29.2. The second-order valence-corrected chi connectivity index (χ2v) is 14.5. The van der Waals surface area contributed by atoms with Gasteiger partial charge in [0.2, 0.25) is 0 Å². The summed E-state index contributed by atoms with van der Waals surface area (Å²) in [5, 5.41) is 4.71. The first kappa shape index (κ1) is 30.0. The highest BCUT2D eigenvalue weighted by Crippen LogP contribution is 2.57. The molecule has 0 radical (unpaired) electrons. The molecule has 0 amide bonds. The van der Waals surface area contributed by atoms with Crippen molar-refractivity contribution in [3.63, 3.8) is 0 Å². The van der Waals surface area contributed by atoms with Gasteiger partial charge in [0.1, 0.15) is 0 Å². The summed E-state index contributed by atoms with van der Waals surface area (Å²) in [6.45, 7) is 2.41. The Morgan fingerprint density at radius 3 is 1.89 bits per heavy atom. The molecule has 8 aromatic carbocycles. The maximum Gasteiger partial charge on any atom is 0.164 e. The largest absolute Gasteiger partial charge is 0.208 e. The molecule has 0 saturated heterocycles. The van der Waals surface area contributed by atoms with Gasteiger partial charge < -0.3 is 0 Å². The van der Waals surface area contributed by atoms with Crippen LogP contribution in [-0.2, 0) is 11.8 Å². The lowest BCUT2D eigenvalue weighted by Crippen LogP contribution is -2.23.